The van der Waals surface area contributed by atoms with E-state index in [-0.39, 0.29) is 0 Å². The first-order valence-electron chi connectivity index (χ1n) is 3.28. The Morgan fingerprint density at radius 3 is 2.60 bits per heavy atom. The molecule has 0 aliphatic heterocycles. The van der Waals surface area contributed by atoms with Crippen molar-refractivity contribution in [1.82, 2.24) is 4.72 Å². The summed E-state index contributed by atoms with van der Waals surface area (Å²) in [6.45, 7) is 2.61. The molecule has 0 heterocycles. The van der Waals surface area contributed by atoms with Gasteiger partial charge in [0.1, 0.15) is 0 Å². The molecule has 0 saturated heterocycles. The summed E-state index contributed by atoms with van der Waals surface area (Å²) in [5.74, 6) is 0. The van der Waals surface area contributed by atoms with Crippen LogP contribution in [0.3, 0.4) is 0 Å². The van der Waals surface area contributed by atoms with Gasteiger partial charge in [0.15, 0.2) is 0 Å². The predicted molar refractivity (Wildman–Crippen MR) is 45.7 cm³/mol. The van der Waals surface area contributed by atoms with Crippen molar-refractivity contribution in [3.63, 3.8) is 0 Å². The van der Waals surface area contributed by atoms with Crippen molar-refractivity contribution < 1.29 is 8.76 Å². The van der Waals surface area contributed by atoms with E-state index in [2.05, 4.69) is 22.8 Å². The molecule has 3 nitrogen and oxygen atoms in total. The van der Waals surface area contributed by atoms with Crippen molar-refractivity contribution in [3.05, 3.63) is 0 Å². The van der Waals surface area contributed by atoms with Crippen molar-refractivity contribution in [2.75, 3.05) is 6.54 Å². The van der Waals surface area contributed by atoms with Gasteiger partial charge in [0.25, 0.3) is 0 Å². The highest BCUT2D eigenvalue weighted by atomic mass is 32.8. The molecule has 0 spiro atoms. The standard InChI is InChI=1S/C5H13NO2S2/c1-2-3-4-5-6-10(7,8)9/h6H,2-5H2,1H3,(H,7,8,9). The molecule has 1 atom stereocenters. The van der Waals surface area contributed by atoms with Crippen molar-refractivity contribution in [2.24, 2.45) is 0 Å². The highest BCUT2D eigenvalue weighted by molar-refractivity contribution is 8.28. The molecule has 0 fully saturated rings. The summed E-state index contributed by atoms with van der Waals surface area (Å²) in [6.07, 6.45) is 3.08. The van der Waals surface area contributed by atoms with E-state index in [1.807, 2.05) is 0 Å². The lowest BCUT2D eigenvalue weighted by Crippen LogP contribution is -2.22. The molecule has 5 heteroatoms. The molecule has 0 bridgehead atoms. The molecule has 1 unspecified atom stereocenters. The summed E-state index contributed by atoms with van der Waals surface area (Å²) in [4.78, 5) is 0. The molecule has 2 N–H and O–H groups in total. The quantitative estimate of drug-likeness (QED) is 0.623. The van der Waals surface area contributed by atoms with Gasteiger partial charge in [-0.1, -0.05) is 19.8 Å². The van der Waals surface area contributed by atoms with Gasteiger partial charge >= 0.3 is 0 Å². The van der Waals surface area contributed by atoms with E-state index in [1.54, 1.807) is 0 Å². The Morgan fingerprint density at radius 1 is 1.60 bits per heavy atom. The molecule has 0 radical (unpaired) electrons. The van der Waals surface area contributed by atoms with Crippen molar-refractivity contribution in [3.8, 4) is 0 Å². The third-order valence-corrected chi connectivity index (χ3v) is 1.99. The van der Waals surface area contributed by atoms with Crippen LogP contribution in [0.2, 0.25) is 0 Å². The van der Waals surface area contributed by atoms with E-state index in [0.717, 1.165) is 19.3 Å². The van der Waals surface area contributed by atoms with Crippen LogP contribution in [0.4, 0.5) is 0 Å². The second-order valence-corrected chi connectivity index (χ2v) is 4.67. The average Bonchev–Trinajstić information content (AvgIpc) is 1.78. The van der Waals surface area contributed by atoms with Crippen LogP contribution in [-0.2, 0) is 20.1 Å². The third kappa shape index (κ3) is 8.29. The first-order chi connectivity index (χ1) is 4.56. The van der Waals surface area contributed by atoms with E-state index in [1.165, 1.54) is 0 Å². The Labute approximate surface area is 66.8 Å². The minimum absolute atomic E-state index is 0.534. The fraction of sp³-hybridized carbons (Fsp3) is 1.00. The van der Waals surface area contributed by atoms with Gasteiger partial charge in [0.2, 0.25) is 8.96 Å². The molecule has 0 aliphatic rings. The van der Waals surface area contributed by atoms with Crippen LogP contribution >= 0.6 is 0 Å². The first-order valence-corrected chi connectivity index (χ1v) is 5.72. The largest absolute Gasteiger partial charge is 0.294 e. The molecule has 0 aromatic carbocycles. The minimum atomic E-state index is -3.12. The lowest BCUT2D eigenvalue weighted by molar-refractivity contribution is 0.542. The zero-order valence-corrected chi connectivity index (χ0v) is 7.63. The SMILES string of the molecule is CCCCCNS(=O)(O)=S. The molecule has 10 heavy (non-hydrogen) atoms. The second kappa shape index (κ2) is 5.01. The minimum Gasteiger partial charge on any atom is -0.294 e. The summed E-state index contributed by atoms with van der Waals surface area (Å²) in [5.41, 5.74) is 0. The average molecular weight is 183 g/mol. The van der Waals surface area contributed by atoms with E-state index in [9.17, 15) is 4.21 Å². The number of unbranched alkanes of at least 4 members (excludes halogenated alkanes) is 2. The maximum Gasteiger partial charge on any atom is 0.207 e. The predicted octanol–water partition coefficient (Wildman–Crippen LogP) is 0.901. The third-order valence-electron chi connectivity index (χ3n) is 1.06. The number of nitrogens with one attached hydrogen (secondary N) is 1. The highest BCUT2D eigenvalue weighted by Gasteiger charge is 1.95. The molecule has 0 amide bonds. The fourth-order valence-electron chi connectivity index (χ4n) is 0.576. The van der Waals surface area contributed by atoms with Crippen LogP contribution in [0.15, 0.2) is 0 Å². The molecular formula is C5H13NO2S2. The Hall–Kier alpha value is 0.290. The van der Waals surface area contributed by atoms with Gasteiger partial charge in [-0.25, -0.2) is 8.93 Å². The zero-order valence-electron chi connectivity index (χ0n) is 6.00. The molecule has 0 aliphatic carbocycles. The smallest absolute Gasteiger partial charge is 0.207 e. The number of hydrogen-bond acceptors (Lipinski definition) is 2. The summed E-state index contributed by atoms with van der Waals surface area (Å²) in [7, 11) is -3.12. The molecule has 0 rings (SSSR count). The van der Waals surface area contributed by atoms with Gasteiger partial charge in [0.05, 0.1) is 0 Å². The zero-order chi connectivity index (χ0) is 8.04. The number of rotatable bonds is 5. The topological polar surface area (TPSA) is 49.3 Å². The summed E-state index contributed by atoms with van der Waals surface area (Å²) in [5, 5.41) is 0. The Bertz CT molecular complexity index is 164. The van der Waals surface area contributed by atoms with Gasteiger partial charge in [0, 0.05) is 17.7 Å². The molecular weight excluding hydrogens is 170 g/mol. The summed E-state index contributed by atoms with van der Waals surface area (Å²) in [6, 6.07) is 0. The Morgan fingerprint density at radius 2 is 2.20 bits per heavy atom. The monoisotopic (exact) mass is 183 g/mol. The van der Waals surface area contributed by atoms with E-state index < -0.39 is 8.96 Å². The van der Waals surface area contributed by atoms with Crippen molar-refractivity contribution in [1.29, 1.82) is 0 Å². The second-order valence-electron chi connectivity index (χ2n) is 2.08. The maximum absolute atomic E-state index is 10.4. The first kappa shape index (κ1) is 10.3. The maximum atomic E-state index is 10.4. The van der Waals surface area contributed by atoms with Crippen LogP contribution in [0.5, 0.6) is 0 Å². The highest BCUT2D eigenvalue weighted by Crippen LogP contribution is 1.91. The van der Waals surface area contributed by atoms with E-state index in [0.29, 0.717) is 6.54 Å². The lowest BCUT2D eigenvalue weighted by Gasteiger charge is -2.00. The van der Waals surface area contributed by atoms with E-state index in [4.69, 9.17) is 4.55 Å². The van der Waals surface area contributed by atoms with Gasteiger partial charge in [-0.3, -0.25) is 4.55 Å². The van der Waals surface area contributed by atoms with Crippen molar-refractivity contribution in [2.45, 2.75) is 26.2 Å². The van der Waals surface area contributed by atoms with Crippen LogP contribution in [0.25, 0.3) is 0 Å². The van der Waals surface area contributed by atoms with Crippen molar-refractivity contribution >= 4 is 20.1 Å². The molecule has 62 valence electrons. The fourth-order valence-corrected chi connectivity index (χ4v) is 1.23. The van der Waals surface area contributed by atoms with Crippen LogP contribution < -0.4 is 4.72 Å². The lowest BCUT2D eigenvalue weighted by atomic mass is 10.3. The van der Waals surface area contributed by atoms with Gasteiger partial charge in [-0.15, -0.1) is 0 Å². The summed E-state index contributed by atoms with van der Waals surface area (Å²) >= 11 is 4.21. The van der Waals surface area contributed by atoms with Crippen LogP contribution in [-0.4, -0.2) is 15.3 Å². The summed E-state index contributed by atoms with van der Waals surface area (Å²) < 4.78 is 21.3. The van der Waals surface area contributed by atoms with Crippen LogP contribution in [0.1, 0.15) is 26.2 Å². The van der Waals surface area contributed by atoms with Gasteiger partial charge in [-0.2, -0.15) is 0 Å². The van der Waals surface area contributed by atoms with Crippen LogP contribution in [0, 0.1) is 0 Å². The van der Waals surface area contributed by atoms with Gasteiger partial charge in [-0.05, 0) is 6.42 Å². The Balaban J connectivity index is 3.21. The number of hydrogen-bond donors (Lipinski definition) is 2. The molecule has 0 aromatic rings. The van der Waals surface area contributed by atoms with Gasteiger partial charge < -0.3 is 0 Å². The Kier molecular flexibility index (Phi) is 5.15. The normalized spacial score (nSPS) is 16.6. The van der Waals surface area contributed by atoms with E-state index >= 15 is 0 Å². The molecule has 0 saturated carbocycles. The molecule has 0 aromatic heterocycles.